The fourth-order valence-electron chi connectivity index (χ4n) is 2.22. The highest BCUT2D eigenvalue weighted by Crippen LogP contribution is 2.30. The number of carboxylic acid groups (broad SMARTS) is 1. The Kier molecular flexibility index (Phi) is 5.38. The van der Waals surface area contributed by atoms with E-state index in [1.165, 1.54) is 11.8 Å². The molecule has 0 spiro atoms. The van der Waals surface area contributed by atoms with Gasteiger partial charge in [0, 0.05) is 19.6 Å². The second-order valence-electron chi connectivity index (χ2n) is 4.74. The Balaban J connectivity index is 2.15. The third-order valence-electron chi connectivity index (χ3n) is 3.15. The molecule has 0 aromatic carbocycles. The zero-order chi connectivity index (χ0) is 14.5. The summed E-state index contributed by atoms with van der Waals surface area (Å²) in [7, 11) is 1.63. The number of hydrogen-bond donors (Lipinski definition) is 1. The highest BCUT2D eigenvalue weighted by atomic mass is 32.2. The van der Waals surface area contributed by atoms with E-state index in [4.69, 9.17) is 14.6 Å². The SMILES string of the molecule is COCCn1c(SCC(=O)O)nnc1C1COC(C)C1. The normalized spacial score (nSPS) is 22.3. The van der Waals surface area contributed by atoms with Gasteiger partial charge in [0.05, 0.1) is 25.1 Å². The quantitative estimate of drug-likeness (QED) is 0.752. The van der Waals surface area contributed by atoms with Gasteiger partial charge in [0.15, 0.2) is 5.16 Å². The summed E-state index contributed by atoms with van der Waals surface area (Å²) in [5, 5.41) is 17.7. The third-order valence-corrected chi connectivity index (χ3v) is 4.10. The zero-order valence-electron chi connectivity index (χ0n) is 11.6. The van der Waals surface area contributed by atoms with Gasteiger partial charge in [0.2, 0.25) is 0 Å². The van der Waals surface area contributed by atoms with Crippen LogP contribution in [0.5, 0.6) is 0 Å². The van der Waals surface area contributed by atoms with E-state index in [0.717, 1.165) is 12.2 Å². The first-order valence-electron chi connectivity index (χ1n) is 6.50. The molecule has 112 valence electrons. The number of nitrogens with zero attached hydrogens (tertiary/aromatic N) is 3. The maximum Gasteiger partial charge on any atom is 0.313 e. The number of methoxy groups -OCH3 is 1. The van der Waals surface area contributed by atoms with Crippen molar-refractivity contribution in [1.82, 2.24) is 14.8 Å². The molecule has 0 amide bonds. The van der Waals surface area contributed by atoms with Crippen molar-refractivity contribution in [2.75, 3.05) is 26.1 Å². The van der Waals surface area contributed by atoms with Gasteiger partial charge >= 0.3 is 5.97 Å². The Bertz CT molecular complexity index is 466. The monoisotopic (exact) mass is 301 g/mol. The number of aliphatic carboxylic acids is 1. The lowest BCUT2D eigenvalue weighted by Crippen LogP contribution is -2.14. The van der Waals surface area contributed by atoms with Crippen LogP contribution >= 0.6 is 11.8 Å². The van der Waals surface area contributed by atoms with Gasteiger partial charge in [-0.2, -0.15) is 0 Å². The summed E-state index contributed by atoms with van der Waals surface area (Å²) < 4.78 is 12.6. The molecule has 2 atom stereocenters. The molecule has 2 heterocycles. The topological polar surface area (TPSA) is 86.5 Å². The summed E-state index contributed by atoms with van der Waals surface area (Å²) in [4.78, 5) is 10.7. The molecular formula is C12H19N3O4S. The van der Waals surface area contributed by atoms with E-state index >= 15 is 0 Å². The van der Waals surface area contributed by atoms with Crippen LogP contribution in [-0.2, 0) is 20.8 Å². The fraction of sp³-hybridized carbons (Fsp3) is 0.750. The fourth-order valence-corrected chi connectivity index (χ4v) is 2.92. The van der Waals surface area contributed by atoms with Crippen molar-refractivity contribution in [1.29, 1.82) is 0 Å². The van der Waals surface area contributed by atoms with Crippen molar-refractivity contribution >= 4 is 17.7 Å². The largest absolute Gasteiger partial charge is 0.481 e. The Morgan fingerprint density at radius 1 is 1.60 bits per heavy atom. The highest BCUT2D eigenvalue weighted by Gasteiger charge is 2.29. The second-order valence-corrected chi connectivity index (χ2v) is 5.69. The minimum absolute atomic E-state index is 0.0251. The molecule has 2 rings (SSSR count). The number of thioether (sulfide) groups is 1. The number of ether oxygens (including phenoxy) is 2. The van der Waals surface area contributed by atoms with Gasteiger partial charge in [-0.25, -0.2) is 0 Å². The molecule has 2 unspecified atom stereocenters. The van der Waals surface area contributed by atoms with E-state index in [1.54, 1.807) is 7.11 Å². The molecule has 0 bridgehead atoms. The summed E-state index contributed by atoms with van der Waals surface area (Å²) in [6.45, 7) is 3.83. The first-order valence-corrected chi connectivity index (χ1v) is 7.48. The van der Waals surface area contributed by atoms with Crippen molar-refractivity contribution in [2.24, 2.45) is 0 Å². The zero-order valence-corrected chi connectivity index (χ0v) is 12.4. The van der Waals surface area contributed by atoms with Crippen molar-refractivity contribution < 1.29 is 19.4 Å². The van der Waals surface area contributed by atoms with E-state index in [2.05, 4.69) is 10.2 Å². The standard InChI is InChI=1S/C12H19N3O4S/c1-8-5-9(6-19-8)11-13-14-12(20-7-10(16)17)15(11)3-4-18-2/h8-9H,3-7H2,1-2H3,(H,16,17). The van der Waals surface area contributed by atoms with Crippen molar-refractivity contribution in [3.8, 4) is 0 Å². The minimum Gasteiger partial charge on any atom is -0.481 e. The number of hydrogen-bond acceptors (Lipinski definition) is 6. The summed E-state index contributed by atoms with van der Waals surface area (Å²) in [5.74, 6) is 0.186. The molecular weight excluding hydrogens is 282 g/mol. The van der Waals surface area contributed by atoms with Crippen LogP contribution in [0.2, 0.25) is 0 Å². The van der Waals surface area contributed by atoms with E-state index in [1.807, 2.05) is 11.5 Å². The lowest BCUT2D eigenvalue weighted by atomic mass is 10.1. The molecule has 1 aromatic rings. The molecule has 1 saturated heterocycles. The van der Waals surface area contributed by atoms with E-state index in [0.29, 0.717) is 24.9 Å². The van der Waals surface area contributed by atoms with Gasteiger partial charge in [-0.15, -0.1) is 10.2 Å². The Morgan fingerprint density at radius 2 is 2.40 bits per heavy atom. The molecule has 8 heteroatoms. The molecule has 7 nitrogen and oxygen atoms in total. The van der Waals surface area contributed by atoms with E-state index < -0.39 is 5.97 Å². The van der Waals surface area contributed by atoms with E-state index in [9.17, 15) is 4.79 Å². The lowest BCUT2D eigenvalue weighted by molar-refractivity contribution is -0.133. The van der Waals surface area contributed by atoms with E-state index in [-0.39, 0.29) is 17.8 Å². The van der Waals surface area contributed by atoms with Gasteiger partial charge in [-0.3, -0.25) is 4.79 Å². The van der Waals surface area contributed by atoms with Crippen LogP contribution in [0.15, 0.2) is 5.16 Å². The Morgan fingerprint density at radius 3 is 3.00 bits per heavy atom. The lowest BCUT2D eigenvalue weighted by Gasteiger charge is -2.12. The number of rotatable bonds is 7. The smallest absolute Gasteiger partial charge is 0.313 e. The summed E-state index contributed by atoms with van der Waals surface area (Å²) in [5.41, 5.74) is 0. The first kappa shape index (κ1) is 15.3. The maximum absolute atomic E-state index is 10.7. The Labute approximate surface area is 121 Å². The predicted octanol–water partition coefficient (Wildman–Crippen LogP) is 0.994. The number of aromatic nitrogens is 3. The molecule has 1 N–H and O–H groups in total. The molecule has 1 fully saturated rings. The van der Waals surface area contributed by atoms with Gasteiger partial charge < -0.3 is 19.1 Å². The molecule has 0 radical (unpaired) electrons. The number of carboxylic acids is 1. The van der Waals surface area contributed by atoms with Gasteiger partial charge in [0.25, 0.3) is 0 Å². The number of carbonyl (C=O) groups is 1. The molecule has 1 aliphatic rings. The van der Waals surface area contributed by atoms with Crippen molar-refractivity contribution in [3.05, 3.63) is 5.82 Å². The van der Waals surface area contributed by atoms with Crippen LogP contribution in [-0.4, -0.2) is 58.0 Å². The van der Waals surface area contributed by atoms with Crippen molar-refractivity contribution in [2.45, 2.75) is 37.1 Å². The third kappa shape index (κ3) is 3.71. The summed E-state index contributed by atoms with van der Waals surface area (Å²) >= 11 is 1.18. The van der Waals surface area contributed by atoms with Gasteiger partial charge in [-0.05, 0) is 13.3 Å². The van der Waals surface area contributed by atoms with Crippen LogP contribution in [0.25, 0.3) is 0 Å². The van der Waals surface area contributed by atoms with Crippen LogP contribution in [0.4, 0.5) is 0 Å². The van der Waals surface area contributed by atoms with Gasteiger partial charge in [0.1, 0.15) is 5.82 Å². The minimum atomic E-state index is -0.865. The van der Waals surface area contributed by atoms with Crippen LogP contribution in [0.1, 0.15) is 25.1 Å². The molecule has 0 saturated carbocycles. The maximum atomic E-state index is 10.7. The molecule has 20 heavy (non-hydrogen) atoms. The Hall–Kier alpha value is -1.12. The first-order chi connectivity index (χ1) is 9.61. The molecule has 1 aliphatic heterocycles. The van der Waals surface area contributed by atoms with Crippen LogP contribution < -0.4 is 0 Å². The predicted molar refractivity (Wildman–Crippen MR) is 73.0 cm³/mol. The average molecular weight is 301 g/mol. The molecule has 0 aliphatic carbocycles. The highest BCUT2D eigenvalue weighted by molar-refractivity contribution is 7.99. The summed E-state index contributed by atoms with van der Waals surface area (Å²) in [6.07, 6.45) is 1.14. The summed E-state index contributed by atoms with van der Waals surface area (Å²) in [6, 6.07) is 0. The van der Waals surface area contributed by atoms with Crippen LogP contribution in [0.3, 0.4) is 0 Å². The van der Waals surface area contributed by atoms with Crippen LogP contribution in [0, 0.1) is 0 Å². The molecule has 1 aromatic heterocycles. The second kappa shape index (κ2) is 7.05. The average Bonchev–Trinajstić information content (AvgIpc) is 2.99. The van der Waals surface area contributed by atoms with Crippen molar-refractivity contribution in [3.63, 3.8) is 0 Å². The van der Waals surface area contributed by atoms with Gasteiger partial charge in [-0.1, -0.05) is 11.8 Å².